The van der Waals surface area contributed by atoms with Gasteiger partial charge in [-0.05, 0) is 26.0 Å². The van der Waals surface area contributed by atoms with Crippen LogP contribution in [-0.4, -0.2) is 51.9 Å². The van der Waals surface area contributed by atoms with Crippen molar-refractivity contribution in [1.82, 2.24) is 19.3 Å². The molecule has 3 aromatic rings. The van der Waals surface area contributed by atoms with Gasteiger partial charge in [-0.3, -0.25) is 9.59 Å². The van der Waals surface area contributed by atoms with Crippen molar-refractivity contribution >= 4 is 22.8 Å². The van der Waals surface area contributed by atoms with Crippen molar-refractivity contribution in [2.24, 2.45) is 5.73 Å². The molecule has 0 saturated heterocycles. The fourth-order valence-corrected chi connectivity index (χ4v) is 3.39. The summed E-state index contributed by atoms with van der Waals surface area (Å²) in [6.07, 6.45) is 1.52. The molecule has 0 aliphatic rings. The fraction of sp³-hybridized carbons (Fsp3) is 0.400. The maximum Gasteiger partial charge on any atom is 0.293 e. The molecule has 0 aliphatic heterocycles. The number of methoxy groups -OCH3 is 1. The van der Waals surface area contributed by atoms with Crippen molar-refractivity contribution in [2.45, 2.75) is 33.0 Å². The van der Waals surface area contributed by atoms with E-state index in [0.29, 0.717) is 41.4 Å². The van der Waals surface area contributed by atoms with E-state index in [4.69, 9.17) is 10.5 Å². The van der Waals surface area contributed by atoms with Gasteiger partial charge in [-0.2, -0.15) is 5.10 Å². The van der Waals surface area contributed by atoms with Gasteiger partial charge < -0.3 is 19.9 Å². The van der Waals surface area contributed by atoms with Crippen LogP contribution in [0.25, 0.3) is 11.0 Å². The number of imidazole rings is 1. The van der Waals surface area contributed by atoms with E-state index in [1.807, 2.05) is 30.4 Å². The average molecular weight is 398 g/mol. The number of benzene rings is 1. The van der Waals surface area contributed by atoms with Gasteiger partial charge in [-0.15, -0.1) is 0 Å². The maximum absolute atomic E-state index is 13.1. The zero-order chi connectivity index (χ0) is 21.1. The van der Waals surface area contributed by atoms with Gasteiger partial charge in [0.25, 0.3) is 5.56 Å². The van der Waals surface area contributed by atoms with E-state index < -0.39 is 0 Å². The van der Waals surface area contributed by atoms with E-state index in [9.17, 15) is 9.59 Å². The molecule has 0 aliphatic carbocycles. The lowest BCUT2D eigenvalue weighted by molar-refractivity contribution is 0.0963. The first-order valence-corrected chi connectivity index (χ1v) is 9.46. The van der Waals surface area contributed by atoms with Crippen LogP contribution < -0.4 is 20.9 Å². The second-order valence-electron chi connectivity index (χ2n) is 6.98. The first-order chi connectivity index (χ1) is 13.9. The third kappa shape index (κ3) is 4.00. The van der Waals surface area contributed by atoms with Crippen molar-refractivity contribution in [2.75, 3.05) is 25.6 Å². The van der Waals surface area contributed by atoms with Crippen molar-refractivity contribution in [3.63, 3.8) is 0 Å². The van der Waals surface area contributed by atoms with E-state index >= 15 is 0 Å². The summed E-state index contributed by atoms with van der Waals surface area (Å²) in [5, 5.41) is 4.16. The normalized spacial score (nSPS) is 12.2. The molecular formula is C20H26N6O3. The Balaban J connectivity index is 2.01. The Labute approximate surface area is 168 Å². The molecule has 9 heteroatoms. The smallest absolute Gasteiger partial charge is 0.293 e. The summed E-state index contributed by atoms with van der Waals surface area (Å²) < 4.78 is 8.24. The molecule has 1 atom stereocenters. The van der Waals surface area contributed by atoms with Crippen LogP contribution in [0.4, 0.5) is 5.95 Å². The molecule has 0 saturated carbocycles. The summed E-state index contributed by atoms with van der Waals surface area (Å²) in [7, 11) is 3.39. The molecule has 0 bridgehead atoms. The molecule has 0 fully saturated rings. The minimum absolute atomic E-state index is 0.0432. The van der Waals surface area contributed by atoms with Crippen molar-refractivity contribution in [1.29, 1.82) is 0 Å². The number of carbonyl (C=O) groups excluding carboxylic acids is 1. The lowest BCUT2D eigenvalue weighted by atomic mass is 10.1. The number of ether oxygens (including phenoxy) is 1. The summed E-state index contributed by atoms with van der Waals surface area (Å²) in [4.78, 5) is 32.3. The highest BCUT2D eigenvalue weighted by molar-refractivity contribution is 5.98. The van der Waals surface area contributed by atoms with Gasteiger partial charge in [0, 0.05) is 26.2 Å². The predicted octanol–water partition coefficient (Wildman–Crippen LogP) is 1.29. The molecule has 0 amide bonds. The largest absolute Gasteiger partial charge is 0.496 e. The van der Waals surface area contributed by atoms with Gasteiger partial charge >= 0.3 is 0 Å². The number of rotatable bonds is 8. The van der Waals surface area contributed by atoms with Gasteiger partial charge in [-0.1, -0.05) is 12.1 Å². The SMILES string of the molecule is CCn1c(N(C)CC(C)N)nc2cnn(CC(=O)c3ccccc3OC)c(=O)c21. The number of hydrogen-bond donors (Lipinski definition) is 1. The first-order valence-electron chi connectivity index (χ1n) is 9.46. The van der Waals surface area contributed by atoms with E-state index in [0.717, 1.165) is 0 Å². The molecule has 1 aromatic carbocycles. The monoisotopic (exact) mass is 398 g/mol. The lowest BCUT2D eigenvalue weighted by Gasteiger charge is -2.21. The Morgan fingerprint density at radius 1 is 1.34 bits per heavy atom. The third-order valence-electron chi connectivity index (χ3n) is 4.65. The number of anilines is 1. The molecule has 0 spiro atoms. The molecule has 154 valence electrons. The number of nitrogens with zero attached hydrogens (tertiary/aromatic N) is 5. The van der Waals surface area contributed by atoms with Crippen LogP contribution in [0, 0.1) is 0 Å². The molecule has 1 unspecified atom stereocenters. The van der Waals surface area contributed by atoms with E-state index in [2.05, 4.69) is 10.1 Å². The predicted molar refractivity (Wildman–Crippen MR) is 112 cm³/mol. The highest BCUT2D eigenvalue weighted by atomic mass is 16.5. The Morgan fingerprint density at radius 2 is 2.07 bits per heavy atom. The van der Waals surface area contributed by atoms with Crippen LogP contribution >= 0.6 is 0 Å². The van der Waals surface area contributed by atoms with Crippen LogP contribution in [0.1, 0.15) is 24.2 Å². The summed E-state index contributed by atoms with van der Waals surface area (Å²) in [5.74, 6) is 0.853. The summed E-state index contributed by atoms with van der Waals surface area (Å²) in [6.45, 7) is 4.81. The minimum Gasteiger partial charge on any atom is -0.496 e. The highest BCUT2D eigenvalue weighted by Crippen LogP contribution is 2.20. The number of ketones is 1. The first kappa shape index (κ1) is 20.5. The van der Waals surface area contributed by atoms with Gasteiger partial charge in [0.2, 0.25) is 5.95 Å². The number of nitrogens with two attached hydrogens (primary N) is 1. The highest BCUT2D eigenvalue weighted by Gasteiger charge is 2.20. The van der Waals surface area contributed by atoms with E-state index in [-0.39, 0.29) is 23.9 Å². The summed E-state index contributed by atoms with van der Waals surface area (Å²) >= 11 is 0. The van der Waals surface area contributed by atoms with E-state index in [1.54, 1.807) is 24.3 Å². The van der Waals surface area contributed by atoms with Crippen LogP contribution in [0.5, 0.6) is 5.75 Å². The third-order valence-corrected chi connectivity index (χ3v) is 4.65. The van der Waals surface area contributed by atoms with Gasteiger partial charge in [0.15, 0.2) is 5.78 Å². The summed E-state index contributed by atoms with van der Waals surface area (Å²) in [5.41, 5.74) is 6.86. The lowest BCUT2D eigenvalue weighted by Crippen LogP contribution is -2.34. The quantitative estimate of drug-likeness (QED) is 0.570. The second-order valence-corrected chi connectivity index (χ2v) is 6.98. The number of hydrogen-bond acceptors (Lipinski definition) is 7. The Hall–Kier alpha value is -3.20. The maximum atomic E-state index is 13.1. The average Bonchev–Trinajstić information content (AvgIpc) is 3.09. The number of likely N-dealkylation sites (N-methyl/N-ethyl adjacent to an activating group) is 1. The van der Waals surface area contributed by atoms with Crippen LogP contribution in [0.15, 0.2) is 35.3 Å². The molecule has 0 radical (unpaired) electrons. The van der Waals surface area contributed by atoms with Crippen molar-refractivity contribution in [3.8, 4) is 5.75 Å². The van der Waals surface area contributed by atoms with Crippen molar-refractivity contribution < 1.29 is 9.53 Å². The standard InChI is InChI=1S/C20H26N6O3/c1-5-25-18-15(23-20(25)24(3)11-13(2)21)10-22-26(19(18)28)12-16(27)14-8-6-7-9-17(14)29-4/h6-10,13H,5,11-12,21H2,1-4H3. The number of aromatic nitrogens is 4. The number of para-hydroxylation sites is 1. The number of aryl methyl sites for hydroxylation is 1. The molecule has 2 heterocycles. The summed E-state index contributed by atoms with van der Waals surface area (Å²) in [6, 6.07) is 6.87. The Kier molecular flexibility index (Phi) is 5.97. The van der Waals surface area contributed by atoms with Crippen LogP contribution in [0.3, 0.4) is 0 Å². The van der Waals surface area contributed by atoms with Gasteiger partial charge in [0.05, 0.1) is 18.9 Å². The van der Waals surface area contributed by atoms with E-state index in [1.165, 1.54) is 18.0 Å². The molecule has 2 aromatic heterocycles. The Morgan fingerprint density at radius 3 is 2.72 bits per heavy atom. The number of fused-ring (bicyclic) bond motifs is 1. The van der Waals surface area contributed by atoms with Crippen molar-refractivity contribution in [3.05, 3.63) is 46.4 Å². The minimum atomic E-state index is -0.361. The zero-order valence-corrected chi connectivity index (χ0v) is 17.1. The van der Waals surface area contributed by atoms with Crippen LogP contribution in [0.2, 0.25) is 0 Å². The molecule has 2 N–H and O–H groups in total. The fourth-order valence-electron chi connectivity index (χ4n) is 3.39. The van der Waals surface area contributed by atoms with Gasteiger partial charge in [-0.25, -0.2) is 9.67 Å². The topological polar surface area (TPSA) is 108 Å². The molecule has 9 nitrogen and oxygen atoms in total. The number of carbonyl (C=O) groups is 1. The van der Waals surface area contributed by atoms with Crippen LogP contribution in [-0.2, 0) is 13.1 Å². The van der Waals surface area contributed by atoms with Gasteiger partial charge in [0.1, 0.15) is 23.3 Å². The molecule has 3 rings (SSSR count). The second kappa shape index (κ2) is 8.44. The Bertz CT molecular complexity index is 1090. The number of Topliss-reactive ketones (excluding diaryl/α,β-unsaturated/α-hetero) is 1. The molecule has 29 heavy (non-hydrogen) atoms. The molecular weight excluding hydrogens is 372 g/mol. The zero-order valence-electron chi connectivity index (χ0n) is 17.1.